The number of esters is 1. The van der Waals surface area contributed by atoms with Crippen molar-refractivity contribution in [2.45, 2.75) is 44.8 Å². The highest BCUT2D eigenvalue weighted by Gasteiger charge is 2.36. The van der Waals surface area contributed by atoms with Gasteiger partial charge in [-0.1, -0.05) is 6.92 Å². The molecule has 0 spiro atoms. The lowest BCUT2D eigenvalue weighted by Gasteiger charge is -2.37. The summed E-state index contributed by atoms with van der Waals surface area (Å²) >= 11 is 0. The maximum Gasteiger partial charge on any atom is 0.327 e. The fraction of sp³-hybridized carbons (Fsp3) is 0.929. The molecule has 5 heteroatoms. The number of methoxy groups -OCH3 is 1. The first-order valence-corrected chi connectivity index (χ1v) is 7.17. The van der Waals surface area contributed by atoms with Crippen molar-refractivity contribution < 1.29 is 14.3 Å². The van der Waals surface area contributed by atoms with Gasteiger partial charge in [0.15, 0.2) is 0 Å². The van der Waals surface area contributed by atoms with Crippen LogP contribution in [-0.2, 0) is 14.3 Å². The van der Waals surface area contributed by atoms with Gasteiger partial charge in [-0.2, -0.15) is 0 Å². The van der Waals surface area contributed by atoms with Crippen molar-refractivity contribution in [1.29, 1.82) is 0 Å². The number of likely N-dealkylation sites (N-methyl/N-ethyl adjacent to an activating group) is 1. The topological polar surface area (TPSA) is 50.8 Å². The van der Waals surface area contributed by atoms with Gasteiger partial charge in [0, 0.05) is 19.7 Å². The number of nitrogens with one attached hydrogen (secondary N) is 1. The summed E-state index contributed by atoms with van der Waals surface area (Å²) in [5, 5.41) is 3.08. The standard InChI is InChI=1S/C14H28N2O3/c1-5-9-19-12-7-6-8-16(10-12)11-14(2,15-3)13(17)18-4/h12,15H,5-11H2,1-4H3. The molecule has 1 rings (SSSR count). The van der Waals surface area contributed by atoms with Crippen LogP contribution in [0.1, 0.15) is 33.1 Å². The average Bonchev–Trinajstić information content (AvgIpc) is 2.44. The molecule has 1 heterocycles. The second kappa shape index (κ2) is 7.82. The average molecular weight is 272 g/mol. The maximum absolute atomic E-state index is 11.8. The zero-order valence-electron chi connectivity index (χ0n) is 12.7. The molecule has 2 unspecified atom stereocenters. The van der Waals surface area contributed by atoms with Gasteiger partial charge in [-0.15, -0.1) is 0 Å². The molecule has 0 amide bonds. The number of piperidine rings is 1. The molecule has 0 aromatic heterocycles. The minimum absolute atomic E-state index is 0.216. The number of likely N-dealkylation sites (tertiary alicyclic amines) is 1. The van der Waals surface area contributed by atoms with E-state index < -0.39 is 5.54 Å². The molecule has 0 aromatic rings. The van der Waals surface area contributed by atoms with E-state index in [0.29, 0.717) is 12.6 Å². The molecule has 0 radical (unpaired) electrons. The SMILES string of the molecule is CCCOC1CCCN(CC(C)(NC)C(=O)OC)C1. The zero-order valence-corrected chi connectivity index (χ0v) is 12.7. The number of rotatable bonds is 7. The van der Waals surface area contributed by atoms with Crippen molar-refractivity contribution in [2.24, 2.45) is 0 Å². The lowest BCUT2D eigenvalue weighted by atomic mass is 9.99. The van der Waals surface area contributed by atoms with E-state index in [4.69, 9.17) is 9.47 Å². The van der Waals surface area contributed by atoms with Gasteiger partial charge in [0.25, 0.3) is 0 Å². The number of hydrogen-bond acceptors (Lipinski definition) is 5. The molecule has 1 aliphatic heterocycles. The van der Waals surface area contributed by atoms with Gasteiger partial charge >= 0.3 is 5.97 Å². The lowest BCUT2D eigenvalue weighted by Crippen LogP contribution is -2.58. The van der Waals surface area contributed by atoms with Crippen LogP contribution in [0.3, 0.4) is 0 Å². The van der Waals surface area contributed by atoms with Gasteiger partial charge in [0.1, 0.15) is 5.54 Å². The molecule has 5 nitrogen and oxygen atoms in total. The van der Waals surface area contributed by atoms with Crippen LogP contribution in [-0.4, -0.2) is 62.9 Å². The molecule has 0 aliphatic carbocycles. The fourth-order valence-corrected chi connectivity index (χ4v) is 2.50. The normalized spacial score (nSPS) is 23.9. The van der Waals surface area contributed by atoms with Crippen molar-refractivity contribution in [3.8, 4) is 0 Å². The van der Waals surface area contributed by atoms with E-state index in [-0.39, 0.29) is 5.97 Å². The molecule has 2 atom stereocenters. The lowest BCUT2D eigenvalue weighted by molar-refractivity contribution is -0.149. The Morgan fingerprint density at radius 1 is 1.53 bits per heavy atom. The van der Waals surface area contributed by atoms with Gasteiger partial charge < -0.3 is 14.8 Å². The number of hydrogen-bond donors (Lipinski definition) is 1. The Labute approximate surface area is 116 Å². The van der Waals surface area contributed by atoms with Gasteiger partial charge in [0.2, 0.25) is 0 Å². The van der Waals surface area contributed by atoms with Gasteiger partial charge in [0.05, 0.1) is 13.2 Å². The van der Waals surface area contributed by atoms with Crippen LogP contribution < -0.4 is 5.32 Å². The Balaban J connectivity index is 2.52. The Kier molecular flexibility index (Phi) is 6.75. The molecule has 0 aromatic carbocycles. The van der Waals surface area contributed by atoms with Crippen LogP contribution >= 0.6 is 0 Å². The zero-order chi connectivity index (χ0) is 14.3. The number of carbonyl (C=O) groups excluding carboxylic acids is 1. The minimum atomic E-state index is -0.651. The summed E-state index contributed by atoms with van der Waals surface area (Å²) in [6, 6.07) is 0. The van der Waals surface area contributed by atoms with Crippen LogP contribution in [0, 0.1) is 0 Å². The minimum Gasteiger partial charge on any atom is -0.468 e. The highest BCUT2D eigenvalue weighted by molar-refractivity contribution is 5.80. The third-order valence-electron chi connectivity index (χ3n) is 3.75. The highest BCUT2D eigenvalue weighted by Crippen LogP contribution is 2.17. The monoisotopic (exact) mass is 272 g/mol. The van der Waals surface area contributed by atoms with E-state index in [0.717, 1.165) is 39.0 Å². The molecule has 1 aliphatic rings. The molecule has 0 saturated carbocycles. The first-order chi connectivity index (χ1) is 9.05. The molecule has 1 saturated heterocycles. The summed E-state index contributed by atoms with van der Waals surface area (Å²) in [5.41, 5.74) is -0.651. The Hall–Kier alpha value is -0.650. The van der Waals surface area contributed by atoms with E-state index in [2.05, 4.69) is 17.1 Å². The third kappa shape index (κ3) is 4.75. The second-order valence-electron chi connectivity index (χ2n) is 5.44. The first kappa shape index (κ1) is 16.4. The smallest absolute Gasteiger partial charge is 0.327 e. The summed E-state index contributed by atoms with van der Waals surface area (Å²) in [7, 11) is 3.23. The summed E-state index contributed by atoms with van der Waals surface area (Å²) in [4.78, 5) is 14.1. The van der Waals surface area contributed by atoms with E-state index >= 15 is 0 Å². The van der Waals surface area contributed by atoms with Gasteiger partial charge in [-0.25, -0.2) is 0 Å². The second-order valence-corrected chi connectivity index (χ2v) is 5.44. The van der Waals surface area contributed by atoms with Crippen molar-refractivity contribution in [3.63, 3.8) is 0 Å². The van der Waals surface area contributed by atoms with Crippen molar-refractivity contribution in [1.82, 2.24) is 10.2 Å². The van der Waals surface area contributed by atoms with E-state index in [1.165, 1.54) is 7.11 Å². The molecular weight excluding hydrogens is 244 g/mol. The van der Waals surface area contributed by atoms with Gasteiger partial charge in [-0.3, -0.25) is 9.69 Å². The van der Waals surface area contributed by atoms with E-state index in [9.17, 15) is 4.79 Å². The van der Waals surface area contributed by atoms with E-state index in [1.807, 2.05) is 6.92 Å². The predicted molar refractivity (Wildman–Crippen MR) is 75.2 cm³/mol. The van der Waals surface area contributed by atoms with Crippen LogP contribution in [0.2, 0.25) is 0 Å². The van der Waals surface area contributed by atoms with Gasteiger partial charge in [-0.05, 0) is 39.8 Å². The number of ether oxygens (including phenoxy) is 2. The fourth-order valence-electron chi connectivity index (χ4n) is 2.50. The van der Waals surface area contributed by atoms with Crippen molar-refractivity contribution in [3.05, 3.63) is 0 Å². The summed E-state index contributed by atoms with van der Waals surface area (Å²) < 4.78 is 10.7. The summed E-state index contributed by atoms with van der Waals surface area (Å²) in [6.07, 6.45) is 3.58. The largest absolute Gasteiger partial charge is 0.468 e. The number of nitrogens with zero attached hydrogens (tertiary/aromatic N) is 1. The number of carbonyl (C=O) groups is 1. The molecular formula is C14H28N2O3. The Bertz CT molecular complexity index is 286. The molecule has 19 heavy (non-hydrogen) atoms. The summed E-state index contributed by atoms with van der Waals surface area (Å²) in [6.45, 7) is 7.39. The molecule has 1 N–H and O–H groups in total. The van der Waals surface area contributed by atoms with Crippen LogP contribution in [0.25, 0.3) is 0 Å². The summed E-state index contributed by atoms with van der Waals surface area (Å²) in [5.74, 6) is -0.216. The molecule has 1 fully saturated rings. The van der Waals surface area contributed by atoms with Crippen molar-refractivity contribution >= 4 is 5.97 Å². The highest BCUT2D eigenvalue weighted by atomic mass is 16.5. The first-order valence-electron chi connectivity index (χ1n) is 7.17. The van der Waals surface area contributed by atoms with Crippen molar-refractivity contribution in [2.75, 3.05) is 40.4 Å². The van der Waals surface area contributed by atoms with E-state index in [1.54, 1.807) is 7.05 Å². The quantitative estimate of drug-likeness (QED) is 0.702. The molecule has 112 valence electrons. The predicted octanol–water partition coefficient (Wildman–Crippen LogP) is 1.03. The van der Waals surface area contributed by atoms with Crippen LogP contribution in [0.5, 0.6) is 0 Å². The molecule has 0 bridgehead atoms. The third-order valence-corrected chi connectivity index (χ3v) is 3.75. The Morgan fingerprint density at radius 2 is 2.26 bits per heavy atom. The maximum atomic E-state index is 11.8. The van der Waals surface area contributed by atoms with Crippen LogP contribution in [0.15, 0.2) is 0 Å². The Morgan fingerprint density at radius 3 is 2.84 bits per heavy atom. The van der Waals surface area contributed by atoms with Crippen LogP contribution in [0.4, 0.5) is 0 Å².